The molecule has 0 aromatic rings. The van der Waals surface area contributed by atoms with Gasteiger partial charge in [0.2, 0.25) is 0 Å². The molecule has 0 aromatic carbocycles. The predicted molar refractivity (Wildman–Crippen MR) is 44.0 cm³/mol. The zero-order valence-corrected chi connectivity index (χ0v) is 7.99. The van der Waals surface area contributed by atoms with Crippen molar-refractivity contribution < 1.29 is 4.57 Å². The van der Waals surface area contributed by atoms with Gasteiger partial charge in [0.1, 0.15) is 12.8 Å². The summed E-state index contributed by atoms with van der Waals surface area (Å²) in [6.07, 6.45) is 0.815. The first-order chi connectivity index (χ1) is 3.27. The van der Waals surface area contributed by atoms with Gasteiger partial charge in [-0.3, -0.25) is 0 Å². The van der Waals surface area contributed by atoms with E-state index >= 15 is 0 Å². The van der Waals surface area contributed by atoms with E-state index in [1.165, 1.54) is 0 Å². The van der Waals surface area contributed by atoms with Crippen LogP contribution in [0.1, 0.15) is 6.92 Å². The van der Waals surface area contributed by atoms with E-state index in [0.717, 1.165) is 6.16 Å². The van der Waals surface area contributed by atoms with Crippen molar-refractivity contribution >= 4 is 30.4 Å². The van der Waals surface area contributed by atoms with Crippen LogP contribution in [0, 0.1) is 0 Å². The highest BCUT2D eigenvalue weighted by Gasteiger charge is 1.93. The fourth-order valence-corrected chi connectivity index (χ4v) is 0. The molecule has 0 radical (unpaired) electrons. The molecule has 0 aliphatic heterocycles. The second-order valence-electron chi connectivity index (χ2n) is 0.944. The van der Waals surface area contributed by atoms with E-state index in [0.29, 0.717) is 0 Å². The van der Waals surface area contributed by atoms with E-state index in [1.807, 2.05) is 11.9 Å². The van der Waals surface area contributed by atoms with E-state index in [-0.39, 0.29) is 0 Å². The minimum absolute atomic E-state index is 0.815. The maximum atomic E-state index is 9.96. The van der Waals surface area contributed by atoms with Gasteiger partial charge >= 0.3 is 7.80 Å². The monoisotopic (exact) mass is 233 g/mol. The summed E-state index contributed by atoms with van der Waals surface area (Å²) in [5.74, 6) is 0. The van der Waals surface area contributed by atoms with Crippen LogP contribution >= 0.6 is 30.4 Å². The summed E-state index contributed by atoms with van der Waals surface area (Å²) in [4.78, 5) is 1.97. The molecule has 0 bridgehead atoms. The molecule has 0 aliphatic rings. The fraction of sp³-hybridized carbons (Fsp3) is 1.00. The van der Waals surface area contributed by atoms with Crippen LogP contribution in [-0.2, 0) is 4.57 Å². The van der Waals surface area contributed by atoms with Gasteiger partial charge in [-0.2, -0.15) is 0 Å². The van der Waals surface area contributed by atoms with Gasteiger partial charge < -0.3 is 0 Å². The highest BCUT2D eigenvalue weighted by molar-refractivity contribution is 14.1. The summed E-state index contributed by atoms with van der Waals surface area (Å²) in [5, 5.41) is 0. The van der Waals surface area contributed by atoms with Gasteiger partial charge in [0.15, 0.2) is 0 Å². The molecule has 0 aliphatic carbocycles. The fourth-order valence-electron chi connectivity index (χ4n) is 0. The van der Waals surface area contributed by atoms with Gasteiger partial charge in [0.25, 0.3) is 0 Å². The molecule has 0 saturated carbocycles. The number of alkyl halides is 1. The molecule has 1 nitrogen and oxygen atoms in total. The van der Waals surface area contributed by atoms with Gasteiger partial charge in [0, 0.05) is 0 Å². The lowest BCUT2D eigenvalue weighted by molar-refractivity contribution is 0.592. The Morgan fingerprint density at radius 1 is 1.57 bits per heavy atom. The Morgan fingerprint density at radius 2 is 1.71 bits per heavy atom. The first kappa shape index (κ1) is 10.7. The highest BCUT2D eigenvalue weighted by Crippen LogP contribution is 2.09. The topological polar surface area (TPSA) is 17.1 Å². The lowest BCUT2D eigenvalue weighted by atomic mass is 11.0. The summed E-state index contributed by atoms with van der Waals surface area (Å²) in [6.45, 7) is 3.65. The zero-order valence-electron chi connectivity index (χ0n) is 4.94. The van der Waals surface area contributed by atoms with Crippen LogP contribution in [0.2, 0.25) is 0 Å². The SMILES string of the molecule is CC[P+](C)=O.CI. The lowest BCUT2D eigenvalue weighted by Gasteiger charge is -1.55. The van der Waals surface area contributed by atoms with Gasteiger partial charge in [-0.1, -0.05) is 27.2 Å². The molecule has 7 heavy (non-hydrogen) atoms. The normalized spacial score (nSPS) is 8.86. The minimum atomic E-state index is -0.848. The summed E-state index contributed by atoms with van der Waals surface area (Å²) in [5.41, 5.74) is 0. The molecule has 3 heteroatoms. The van der Waals surface area contributed by atoms with Crippen LogP contribution in [0.3, 0.4) is 0 Å². The highest BCUT2D eigenvalue weighted by atomic mass is 127. The predicted octanol–water partition coefficient (Wildman–Crippen LogP) is 2.51. The molecule has 0 saturated heterocycles. The molecule has 0 N–H and O–H groups in total. The molecule has 0 fully saturated rings. The summed E-state index contributed by atoms with van der Waals surface area (Å²) in [7, 11) is -0.848. The van der Waals surface area contributed by atoms with Crippen LogP contribution in [0.5, 0.6) is 0 Å². The van der Waals surface area contributed by atoms with E-state index in [2.05, 4.69) is 22.6 Å². The Bertz CT molecular complexity index is 47.0. The average molecular weight is 233 g/mol. The number of halogens is 1. The molecular formula is C4H11IOP+. The van der Waals surface area contributed by atoms with Crippen molar-refractivity contribution in [3.8, 4) is 0 Å². The van der Waals surface area contributed by atoms with Crippen molar-refractivity contribution in [2.75, 3.05) is 17.8 Å². The van der Waals surface area contributed by atoms with Crippen LogP contribution in [0.25, 0.3) is 0 Å². The van der Waals surface area contributed by atoms with Crippen molar-refractivity contribution in [1.29, 1.82) is 0 Å². The van der Waals surface area contributed by atoms with Crippen molar-refractivity contribution in [3.05, 3.63) is 0 Å². The largest absolute Gasteiger partial charge is 0.335 e. The molecule has 1 unspecified atom stereocenters. The Kier molecular flexibility index (Phi) is 15.3. The van der Waals surface area contributed by atoms with Crippen LogP contribution in [0.4, 0.5) is 0 Å². The lowest BCUT2D eigenvalue weighted by Crippen LogP contribution is -1.55. The standard InChI is InChI=1S/C3H8OP.CH3I/c1-3-5(2)4;1-2/h3H2,1-2H3;1H3/q+1;. The zero-order chi connectivity index (χ0) is 6.28. The molecule has 0 amide bonds. The molecular weight excluding hydrogens is 222 g/mol. The van der Waals surface area contributed by atoms with Crippen LogP contribution in [0.15, 0.2) is 0 Å². The second kappa shape index (κ2) is 9.95. The van der Waals surface area contributed by atoms with Gasteiger partial charge in [-0.15, -0.1) is 0 Å². The Balaban J connectivity index is 0. The molecule has 0 aromatic heterocycles. The average Bonchev–Trinajstić information content (AvgIpc) is 1.73. The number of hydrogen-bond donors (Lipinski definition) is 0. The maximum absolute atomic E-state index is 9.96. The number of rotatable bonds is 1. The van der Waals surface area contributed by atoms with Crippen molar-refractivity contribution in [1.82, 2.24) is 0 Å². The quantitative estimate of drug-likeness (QED) is 0.386. The van der Waals surface area contributed by atoms with Crippen LogP contribution < -0.4 is 0 Å². The molecule has 0 rings (SSSR count). The molecule has 44 valence electrons. The summed E-state index contributed by atoms with van der Waals surface area (Å²) in [6, 6.07) is 0. The van der Waals surface area contributed by atoms with Crippen molar-refractivity contribution in [3.63, 3.8) is 0 Å². The smallest absolute Gasteiger partial charge is 0.0901 e. The summed E-state index contributed by atoms with van der Waals surface area (Å²) >= 11 is 2.15. The molecule has 1 atom stereocenters. The minimum Gasteiger partial charge on any atom is -0.0901 e. The van der Waals surface area contributed by atoms with E-state index in [9.17, 15) is 4.57 Å². The first-order valence-corrected chi connectivity index (χ1v) is 6.08. The van der Waals surface area contributed by atoms with E-state index in [4.69, 9.17) is 0 Å². The maximum Gasteiger partial charge on any atom is 0.335 e. The molecule has 0 spiro atoms. The molecule has 0 heterocycles. The second-order valence-corrected chi connectivity index (χ2v) is 2.83. The van der Waals surface area contributed by atoms with E-state index < -0.39 is 7.80 Å². The third-order valence-corrected chi connectivity index (χ3v) is 1.34. The third-order valence-electron chi connectivity index (χ3n) is 0.445. The van der Waals surface area contributed by atoms with Crippen LogP contribution in [-0.4, -0.2) is 17.8 Å². The Morgan fingerprint density at radius 3 is 1.71 bits per heavy atom. The van der Waals surface area contributed by atoms with Gasteiger partial charge in [0.05, 0.1) is 0 Å². The third kappa shape index (κ3) is 19.9. The summed E-state index contributed by atoms with van der Waals surface area (Å²) < 4.78 is 9.96. The van der Waals surface area contributed by atoms with Crippen molar-refractivity contribution in [2.24, 2.45) is 0 Å². The van der Waals surface area contributed by atoms with Gasteiger partial charge in [-0.25, -0.2) is 0 Å². The van der Waals surface area contributed by atoms with Gasteiger partial charge in [-0.05, 0) is 11.9 Å². The first-order valence-electron chi connectivity index (χ1n) is 2.03. The Labute approximate surface area is 59.8 Å². The number of hydrogen-bond acceptors (Lipinski definition) is 1. The van der Waals surface area contributed by atoms with Crippen molar-refractivity contribution in [2.45, 2.75) is 6.92 Å². The van der Waals surface area contributed by atoms with E-state index in [1.54, 1.807) is 6.66 Å². The Hall–Kier alpha value is 0.830.